The van der Waals surface area contributed by atoms with Gasteiger partial charge >= 0.3 is 10.5 Å². The van der Waals surface area contributed by atoms with Gasteiger partial charge in [0.15, 0.2) is 11.2 Å². The number of hydrogen-bond acceptors (Lipinski definition) is 7. The summed E-state index contributed by atoms with van der Waals surface area (Å²) < 4.78 is 42.4. The molecule has 216 valence electrons. The molecular weight excluding hydrogens is 557 g/mol. The predicted molar refractivity (Wildman–Crippen MR) is 160 cm³/mol. The summed E-state index contributed by atoms with van der Waals surface area (Å²) in [4.78, 5) is 24.1. The van der Waals surface area contributed by atoms with Crippen molar-refractivity contribution in [3.05, 3.63) is 70.1 Å². The van der Waals surface area contributed by atoms with Crippen molar-refractivity contribution in [1.82, 2.24) is 19.4 Å². The lowest BCUT2D eigenvalue weighted by Gasteiger charge is -2.32. The molecule has 0 radical (unpaired) electrons. The molecule has 5 aromatic rings. The van der Waals surface area contributed by atoms with Crippen LogP contribution in [0.25, 0.3) is 44.0 Å². The quantitative estimate of drug-likeness (QED) is 0.256. The normalized spacial score (nSPS) is 15.1. The molecule has 11 heteroatoms. The van der Waals surface area contributed by atoms with Crippen LogP contribution in [0.5, 0.6) is 5.75 Å². The first kappa shape index (κ1) is 27.9. The molecule has 0 unspecified atom stereocenters. The fourth-order valence-electron chi connectivity index (χ4n) is 6.17. The van der Waals surface area contributed by atoms with Gasteiger partial charge in [0.2, 0.25) is 0 Å². The minimum Gasteiger partial charge on any atom is -0.357 e. The van der Waals surface area contributed by atoms with E-state index in [1.807, 2.05) is 18.2 Å². The highest BCUT2D eigenvalue weighted by Gasteiger charge is 2.26. The van der Waals surface area contributed by atoms with Gasteiger partial charge < -0.3 is 18.6 Å². The van der Waals surface area contributed by atoms with Gasteiger partial charge in [-0.25, -0.2) is 0 Å². The van der Waals surface area contributed by atoms with Crippen molar-refractivity contribution >= 4 is 43.3 Å². The average molecular weight is 588 g/mol. The minimum atomic E-state index is -5.23. The van der Waals surface area contributed by atoms with Crippen molar-refractivity contribution in [2.75, 3.05) is 20.1 Å². The van der Waals surface area contributed by atoms with Crippen molar-refractivity contribution in [2.24, 2.45) is 5.92 Å². The average Bonchev–Trinajstić information content (AvgIpc) is 3.31. The SMILES string of the molecule is CC(C)Cc1cc2c(=O)c3c4ccc(C#N)cc4[nH]c3n(C3CCN(C)CC3)c2cc1-c1cncc(OS(=O)(=O)F)c1. The second-order valence-corrected chi connectivity index (χ2v) is 12.4. The number of nitrogens with zero attached hydrogens (tertiary/aromatic N) is 4. The van der Waals surface area contributed by atoms with Gasteiger partial charge in [0, 0.05) is 34.1 Å². The number of hydrogen-bond donors (Lipinski definition) is 1. The van der Waals surface area contributed by atoms with Gasteiger partial charge in [-0.3, -0.25) is 9.78 Å². The molecule has 0 aliphatic carbocycles. The van der Waals surface area contributed by atoms with E-state index >= 15 is 0 Å². The van der Waals surface area contributed by atoms with E-state index in [9.17, 15) is 22.4 Å². The lowest BCUT2D eigenvalue weighted by molar-refractivity contribution is 0.226. The zero-order valence-corrected chi connectivity index (χ0v) is 24.3. The van der Waals surface area contributed by atoms with Crippen LogP contribution in [0.3, 0.4) is 0 Å². The molecule has 0 atom stereocenters. The highest BCUT2D eigenvalue weighted by Crippen LogP contribution is 2.37. The number of nitriles is 1. The molecule has 1 fully saturated rings. The zero-order chi connectivity index (χ0) is 29.8. The summed E-state index contributed by atoms with van der Waals surface area (Å²) in [5, 5.41) is 11.4. The van der Waals surface area contributed by atoms with Gasteiger partial charge in [0.1, 0.15) is 5.65 Å². The van der Waals surface area contributed by atoms with Gasteiger partial charge in [-0.05, 0) is 86.8 Å². The Morgan fingerprint density at radius 3 is 2.60 bits per heavy atom. The fourth-order valence-corrected chi connectivity index (χ4v) is 6.49. The lowest BCUT2D eigenvalue weighted by Crippen LogP contribution is -2.32. The van der Waals surface area contributed by atoms with Crippen molar-refractivity contribution in [2.45, 2.75) is 39.2 Å². The molecule has 0 saturated carbocycles. The number of aromatic amines is 1. The van der Waals surface area contributed by atoms with Gasteiger partial charge in [0.05, 0.1) is 28.7 Å². The highest BCUT2D eigenvalue weighted by molar-refractivity contribution is 7.81. The summed E-state index contributed by atoms with van der Waals surface area (Å²) in [6.45, 7) is 5.96. The van der Waals surface area contributed by atoms with Crippen molar-refractivity contribution < 1.29 is 16.5 Å². The molecule has 42 heavy (non-hydrogen) atoms. The smallest absolute Gasteiger partial charge is 0.357 e. The van der Waals surface area contributed by atoms with Gasteiger partial charge in [-0.1, -0.05) is 23.8 Å². The van der Waals surface area contributed by atoms with Crippen molar-refractivity contribution in [1.29, 1.82) is 5.26 Å². The first-order valence-electron chi connectivity index (χ1n) is 13.9. The molecule has 0 spiro atoms. The molecule has 9 nitrogen and oxygen atoms in total. The number of nitrogens with one attached hydrogen (secondary N) is 1. The maximum atomic E-state index is 14.3. The number of piperidine rings is 1. The second-order valence-electron chi connectivity index (χ2n) is 11.5. The Morgan fingerprint density at radius 2 is 1.90 bits per heavy atom. The molecule has 6 rings (SSSR count). The van der Waals surface area contributed by atoms with Gasteiger partial charge in [-0.2, -0.15) is 13.7 Å². The summed E-state index contributed by atoms with van der Waals surface area (Å²) in [5.74, 6) is 0.00908. The van der Waals surface area contributed by atoms with Crippen LogP contribution in [0, 0.1) is 17.2 Å². The summed E-state index contributed by atoms with van der Waals surface area (Å²) in [7, 11) is -3.13. The Morgan fingerprint density at radius 1 is 1.14 bits per heavy atom. The molecule has 1 aliphatic rings. The topological polar surface area (TPSA) is 121 Å². The van der Waals surface area contributed by atoms with Crippen LogP contribution in [-0.4, -0.2) is 48.0 Å². The zero-order valence-electron chi connectivity index (χ0n) is 23.5. The number of aromatic nitrogens is 3. The maximum absolute atomic E-state index is 14.3. The Hall–Kier alpha value is -4.27. The number of rotatable bonds is 6. The standard InChI is InChI=1S/C31H30FN5O4S/c1-18(2)10-20-13-26-28(14-25(20)21-12-23(17-34-16-21)41-42(32,39)40)37(22-6-8-36(3)9-7-22)31-29(30(26)38)24-5-4-19(15-33)11-27(24)35-31/h4-5,11-14,16-18,22,35H,6-10H2,1-3H3. The Bertz CT molecular complexity index is 2070. The molecule has 1 aliphatic heterocycles. The van der Waals surface area contributed by atoms with Crippen LogP contribution in [0.1, 0.15) is 43.9 Å². The number of likely N-dealkylation sites (tertiary alicyclic amines) is 1. The summed E-state index contributed by atoms with van der Waals surface area (Å²) >= 11 is 0. The second kappa shape index (κ2) is 10.5. The molecule has 3 aromatic heterocycles. The fraction of sp³-hybridized carbons (Fsp3) is 0.323. The molecule has 1 saturated heterocycles. The molecule has 1 N–H and O–H groups in total. The first-order chi connectivity index (χ1) is 20.0. The van der Waals surface area contributed by atoms with Crippen molar-refractivity contribution in [3.63, 3.8) is 0 Å². The van der Waals surface area contributed by atoms with E-state index in [2.05, 4.69) is 50.6 Å². The van der Waals surface area contributed by atoms with Crippen molar-refractivity contribution in [3.8, 4) is 22.9 Å². The van der Waals surface area contributed by atoms with E-state index in [-0.39, 0.29) is 23.1 Å². The van der Waals surface area contributed by atoms with Crippen LogP contribution in [0.15, 0.2) is 53.6 Å². The van der Waals surface area contributed by atoms with Crippen LogP contribution in [0.4, 0.5) is 3.89 Å². The third-order valence-electron chi connectivity index (χ3n) is 8.00. The van der Waals surface area contributed by atoms with Crippen LogP contribution in [0.2, 0.25) is 0 Å². The van der Waals surface area contributed by atoms with Crippen LogP contribution in [-0.2, 0) is 16.9 Å². The van der Waals surface area contributed by atoms with Crippen LogP contribution >= 0.6 is 0 Å². The number of H-pyrrole nitrogens is 1. The predicted octanol–water partition coefficient (Wildman–Crippen LogP) is 5.63. The van der Waals surface area contributed by atoms with E-state index in [1.54, 1.807) is 18.3 Å². The number of benzene rings is 2. The Kier molecular flexibility index (Phi) is 6.99. The molecule has 2 aromatic carbocycles. The van der Waals surface area contributed by atoms with E-state index in [0.29, 0.717) is 34.0 Å². The van der Waals surface area contributed by atoms with Gasteiger partial charge in [0.25, 0.3) is 0 Å². The molecular formula is C31H30FN5O4S. The summed E-state index contributed by atoms with van der Waals surface area (Å²) in [6.07, 6.45) is 5.12. The third kappa shape index (κ3) is 5.12. The summed E-state index contributed by atoms with van der Waals surface area (Å²) in [6, 6.07) is 12.9. The third-order valence-corrected chi connectivity index (χ3v) is 8.39. The number of fused-ring (bicyclic) bond motifs is 4. The van der Waals surface area contributed by atoms with E-state index < -0.39 is 10.5 Å². The van der Waals surface area contributed by atoms with E-state index in [4.69, 9.17) is 0 Å². The highest BCUT2D eigenvalue weighted by atomic mass is 32.3. The van der Waals surface area contributed by atoms with Gasteiger partial charge in [-0.15, -0.1) is 0 Å². The number of pyridine rings is 2. The number of halogens is 1. The minimum absolute atomic E-state index is 0.101. The monoisotopic (exact) mass is 587 g/mol. The molecule has 0 amide bonds. The largest absolute Gasteiger partial charge is 0.488 e. The molecule has 4 heterocycles. The van der Waals surface area contributed by atoms with E-state index in [1.165, 1.54) is 6.07 Å². The first-order valence-corrected chi connectivity index (χ1v) is 15.2. The van der Waals surface area contributed by atoms with Crippen LogP contribution < -0.4 is 9.61 Å². The van der Waals surface area contributed by atoms with E-state index in [0.717, 1.165) is 59.7 Å². The Balaban J connectivity index is 1.70. The Labute approximate surface area is 242 Å². The summed E-state index contributed by atoms with van der Waals surface area (Å²) in [5.41, 5.74) is 4.76. The lowest BCUT2D eigenvalue weighted by atomic mass is 9.91. The molecule has 0 bridgehead atoms. The maximum Gasteiger partial charge on any atom is 0.488 e.